The average Bonchev–Trinajstić information content (AvgIpc) is 3.06. The highest BCUT2D eigenvalue weighted by Gasteiger charge is 2.17. The number of rotatable bonds is 11. The van der Waals surface area contributed by atoms with Gasteiger partial charge in [-0.15, -0.1) is 13.2 Å². The average molecular weight is 461 g/mol. The molecular weight excluding hydrogens is 424 g/mol. The van der Waals surface area contributed by atoms with E-state index in [-0.39, 0.29) is 11.7 Å². The maximum Gasteiger partial charge on any atom is 0.254 e. The standard InChI is InChI=1S/C28H36N4O2/c1-3-9-24-19-25(10-4-2)28(34)26(20-24)21-29-30-27(33)22-32-15-8-14-31(17-18-32)16-13-23-11-6-5-7-12-23/h3-7,11-12,19-21,34H,1-2,8-10,13-18,22H2,(H,30,33)/b29-21+. The number of amides is 1. The Morgan fingerprint density at radius 3 is 2.50 bits per heavy atom. The summed E-state index contributed by atoms with van der Waals surface area (Å²) in [4.78, 5) is 17.1. The normalized spacial score (nSPS) is 15.2. The van der Waals surface area contributed by atoms with E-state index in [1.807, 2.05) is 24.3 Å². The van der Waals surface area contributed by atoms with Crippen LogP contribution >= 0.6 is 0 Å². The molecule has 6 heteroatoms. The van der Waals surface area contributed by atoms with Crippen molar-refractivity contribution in [2.45, 2.75) is 25.7 Å². The number of nitrogens with one attached hydrogen (secondary N) is 1. The van der Waals surface area contributed by atoms with Gasteiger partial charge in [0.1, 0.15) is 5.75 Å². The number of carbonyl (C=O) groups is 1. The van der Waals surface area contributed by atoms with Crippen molar-refractivity contribution in [3.63, 3.8) is 0 Å². The van der Waals surface area contributed by atoms with Crippen LogP contribution in [0.2, 0.25) is 0 Å². The van der Waals surface area contributed by atoms with Gasteiger partial charge in [0.25, 0.3) is 5.91 Å². The molecule has 6 nitrogen and oxygen atoms in total. The first-order chi connectivity index (χ1) is 16.6. The maximum atomic E-state index is 12.5. The molecule has 1 fully saturated rings. The van der Waals surface area contributed by atoms with E-state index in [4.69, 9.17) is 0 Å². The molecule has 0 aliphatic carbocycles. The van der Waals surface area contributed by atoms with Gasteiger partial charge in [-0.05, 0) is 61.5 Å². The molecule has 1 amide bonds. The lowest BCUT2D eigenvalue weighted by Crippen LogP contribution is -2.38. The summed E-state index contributed by atoms with van der Waals surface area (Å²) in [6.45, 7) is 12.6. The molecule has 0 bridgehead atoms. The second kappa shape index (κ2) is 13.5. The van der Waals surface area contributed by atoms with Crippen molar-refractivity contribution in [1.82, 2.24) is 15.2 Å². The van der Waals surface area contributed by atoms with Crippen LogP contribution in [0.3, 0.4) is 0 Å². The van der Waals surface area contributed by atoms with Crippen LogP contribution in [0.5, 0.6) is 5.75 Å². The molecule has 3 rings (SSSR count). The van der Waals surface area contributed by atoms with Gasteiger partial charge in [0.05, 0.1) is 12.8 Å². The number of phenols is 1. The molecule has 0 aromatic heterocycles. The van der Waals surface area contributed by atoms with Crippen molar-refractivity contribution in [2.75, 3.05) is 39.3 Å². The summed E-state index contributed by atoms with van der Waals surface area (Å²) < 4.78 is 0. The van der Waals surface area contributed by atoms with Crippen LogP contribution in [0.4, 0.5) is 0 Å². The largest absolute Gasteiger partial charge is 0.507 e. The predicted molar refractivity (Wildman–Crippen MR) is 139 cm³/mol. The van der Waals surface area contributed by atoms with Gasteiger partial charge in [0.15, 0.2) is 0 Å². The molecule has 0 unspecified atom stereocenters. The lowest BCUT2D eigenvalue weighted by molar-refractivity contribution is -0.122. The third kappa shape index (κ3) is 7.97. The van der Waals surface area contributed by atoms with Crippen LogP contribution in [0.1, 0.15) is 28.7 Å². The Bertz CT molecular complexity index is 987. The van der Waals surface area contributed by atoms with Crippen molar-refractivity contribution in [2.24, 2.45) is 5.10 Å². The van der Waals surface area contributed by atoms with E-state index in [1.165, 1.54) is 11.8 Å². The van der Waals surface area contributed by atoms with Gasteiger partial charge in [-0.3, -0.25) is 9.69 Å². The highest BCUT2D eigenvalue weighted by molar-refractivity contribution is 5.86. The van der Waals surface area contributed by atoms with Crippen LogP contribution in [0.15, 0.2) is 72.9 Å². The van der Waals surface area contributed by atoms with Gasteiger partial charge in [-0.25, -0.2) is 5.43 Å². The number of nitrogens with zero attached hydrogens (tertiary/aromatic N) is 3. The quantitative estimate of drug-likeness (QED) is 0.306. The Morgan fingerprint density at radius 1 is 1.00 bits per heavy atom. The van der Waals surface area contributed by atoms with Crippen LogP contribution in [0.25, 0.3) is 0 Å². The first kappa shape index (κ1) is 25.4. The summed E-state index contributed by atoms with van der Waals surface area (Å²) in [7, 11) is 0. The Hall–Kier alpha value is -3.22. The fraction of sp³-hybridized carbons (Fsp3) is 0.357. The Kier molecular flexibility index (Phi) is 10.1. The predicted octanol–water partition coefficient (Wildman–Crippen LogP) is 3.55. The molecule has 0 radical (unpaired) electrons. The molecule has 1 heterocycles. The van der Waals surface area contributed by atoms with Gasteiger partial charge < -0.3 is 10.0 Å². The molecule has 2 aromatic rings. The molecular formula is C28H36N4O2. The van der Waals surface area contributed by atoms with E-state index >= 15 is 0 Å². The van der Waals surface area contributed by atoms with Crippen molar-refractivity contribution in [3.05, 3.63) is 90.0 Å². The minimum absolute atomic E-state index is 0.151. The highest BCUT2D eigenvalue weighted by atomic mass is 16.3. The first-order valence-corrected chi connectivity index (χ1v) is 12.0. The Labute approximate surface area is 203 Å². The maximum absolute atomic E-state index is 12.5. The van der Waals surface area contributed by atoms with E-state index in [0.717, 1.165) is 56.7 Å². The lowest BCUT2D eigenvalue weighted by Gasteiger charge is -2.21. The van der Waals surface area contributed by atoms with E-state index in [9.17, 15) is 9.90 Å². The lowest BCUT2D eigenvalue weighted by atomic mass is 10.0. The Morgan fingerprint density at radius 2 is 1.74 bits per heavy atom. The van der Waals surface area contributed by atoms with E-state index < -0.39 is 0 Å². The molecule has 2 N–H and O–H groups in total. The van der Waals surface area contributed by atoms with Gasteiger partial charge >= 0.3 is 0 Å². The zero-order valence-electron chi connectivity index (χ0n) is 20.0. The molecule has 34 heavy (non-hydrogen) atoms. The van der Waals surface area contributed by atoms with Crippen molar-refractivity contribution < 1.29 is 9.90 Å². The van der Waals surface area contributed by atoms with Gasteiger partial charge in [-0.1, -0.05) is 48.6 Å². The number of benzene rings is 2. The summed E-state index contributed by atoms with van der Waals surface area (Å²) in [6, 6.07) is 14.4. The van der Waals surface area contributed by atoms with Crippen molar-refractivity contribution in [3.8, 4) is 5.75 Å². The number of hydrazone groups is 1. The summed E-state index contributed by atoms with van der Waals surface area (Å²) >= 11 is 0. The molecule has 0 atom stereocenters. The Balaban J connectivity index is 1.48. The SMILES string of the molecule is C=CCc1cc(/C=N/NC(=O)CN2CCCN(CCc3ccccc3)CC2)c(O)c(CC=C)c1. The van der Waals surface area contributed by atoms with E-state index in [1.54, 1.807) is 6.08 Å². The van der Waals surface area contributed by atoms with E-state index in [2.05, 4.69) is 57.8 Å². The number of hydrogen-bond acceptors (Lipinski definition) is 5. The molecule has 1 aliphatic heterocycles. The molecule has 0 saturated carbocycles. The fourth-order valence-electron chi connectivity index (χ4n) is 4.23. The minimum Gasteiger partial charge on any atom is -0.507 e. The van der Waals surface area contributed by atoms with Crippen LogP contribution < -0.4 is 5.43 Å². The molecule has 2 aromatic carbocycles. The second-order valence-electron chi connectivity index (χ2n) is 8.68. The molecule has 1 saturated heterocycles. The summed E-state index contributed by atoms with van der Waals surface area (Å²) in [5.41, 5.74) is 6.35. The van der Waals surface area contributed by atoms with Gasteiger partial charge in [-0.2, -0.15) is 5.10 Å². The highest BCUT2D eigenvalue weighted by Crippen LogP contribution is 2.24. The minimum atomic E-state index is -0.151. The number of allylic oxidation sites excluding steroid dienone is 2. The van der Waals surface area contributed by atoms with Crippen LogP contribution in [-0.2, 0) is 24.1 Å². The number of carbonyl (C=O) groups excluding carboxylic acids is 1. The summed E-state index contributed by atoms with van der Waals surface area (Å²) in [5.74, 6) is 0.0101. The van der Waals surface area contributed by atoms with Gasteiger partial charge in [0.2, 0.25) is 0 Å². The first-order valence-electron chi connectivity index (χ1n) is 12.0. The number of aromatic hydroxyl groups is 1. The second-order valence-corrected chi connectivity index (χ2v) is 8.68. The van der Waals surface area contributed by atoms with E-state index in [0.29, 0.717) is 24.9 Å². The van der Waals surface area contributed by atoms with Crippen LogP contribution in [-0.4, -0.2) is 66.3 Å². The third-order valence-corrected chi connectivity index (χ3v) is 6.02. The zero-order chi connectivity index (χ0) is 24.2. The monoisotopic (exact) mass is 460 g/mol. The van der Waals surface area contributed by atoms with Gasteiger partial charge in [0, 0.05) is 25.2 Å². The van der Waals surface area contributed by atoms with Crippen molar-refractivity contribution >= 4 is 12.1 Å². The van der Waals surface area contributed by atoms with Crippen LogP contribution in [0, 0.1) is 0 Å². The topological polar surface area (TPSA) is 68.2 Å². The molecule has 180 valence electrons. The summed E-state index contributed by atoms with van der Waals surface area (Å²) in [6.07, 6.45) is 8.40. The zero-order valence-corrected chi connectivity index (χ0v) is 20.0. The molecule has 0 spiro atoms. The summed E-state index contributed by atoms with van der Waals surface area (Å²) in [5, 5.41) is 14.6. The number of phenolic OH excluding ortho intramolecular Hbond substituents is 1. The molecule has 1 aliphatic rings. The van der Waals surface area contributed by atoms with Crippen molar-refractivity contribution in [1.29, 1.82) is 0 Å². The smallest absolute Gasteiger partial charge is 0.254 e. The third-order valence-electron chi connectivity index (χ3n) is 6.02. The fourth-order valence-corrected chi connectivity index (χ4v) is 4.23. The number of hydrogen-bond donors (Lipinski definition) is 2.